The molecule has 2 atom stereocenters. The van der Waals surface area contributed by atoms with E-state index in [2.05, 4.69) is 11.4 Å². The van der Waals surface area contributed by atoms with Gasteiger partial charge in [-0.15, -0.1) is 0 Å². The monoisotopic (exact) mass is 376 g/mol. The fourth-order valence-electron chi connectivity index (χ4n) is 3.72. The van der Waals surface area contributed by atoms with Crippen molar-refractivity contribution in [1.29, 1.82) is 10.7 Å². The topological polar surface area (TPSA) is 89.2 Å². The second kappa shape index (κ2) is 7.83. The van der Waals surface area contributed by atoms with Crippen molar-refractivity contribution < 1.29 is 9.53 Å². The number of hydrogen-bond donors (Lipinski definition) is 2. The van der Waals surface area contributed by atoms with Crippen LogP contribution in [-0.4, -0.2) is 37.5 Å². The summed E-state index contributed by atoms with van der Waals surface area (Å²) in [6.45, 7) is 2.41. The molecule has 1 saturated heterocycles. The molecule has 1 fully saturated rings. The largest absolute Gasteiger partial charge is 0.385 e. The van der Waals surface area contributed by atoms with Crippen molar-refractivity contribution in [3.63, 3.8) is 0 Å². The van der Waals surface area contributed by atoms with Gasteiger partial charge in [0.25, 0.3) is 0 Å². The van der Waals surface area contributed by atoms with Crippen LogP contribution < -0.4 is 5.32 Å². The molecule has 1 aliphatic heterocycles. The first kappa shape index (κ1) is 19.6. The van der Waals surface area contributed by atoms with Crippen molar-refractivity contribution in [2.75, 3.05) is 20.8 Å². The maximum absolute atomic E-state index is 12.9. The van der Waals surface area contributed by atoms with Crippen molar-refractivity contribution >= 4 is 11.9 Å². The number of guanidine groups is 1. The Kier molecular flexibility index (Phi) is 5.48. The van der Waals surface area contributed by atoms with Crippen molar-refractivity contribution in [1.82, 2.24) is 10.2 Å². The van der Waals surface area contributed by atoms with Gasteiger partial charge < -0.3 is 10.1 Å². The van der Waals surface area contributed by atoms with Gasteiger partial charge in [0.1, 0.15) is 0 Å². The van der Waals surface area contributed by atoms with Crippen molar-refractivity contribution in [3.05, 3.63) is 59.7 Å². The van der Waals surface area contributed by atoms with Crippen LogP contribution in [0.5, 0.6) is 0 Å². The molecule has 0 bridgehead atoms. The molecule has 144 valence electrons. The van der Waals surface area contributed by atoms with E-state index in [0.29, 0.717) is 18.6 Å². The van der Waals surface area contributed by atoms with E-state index in [1.165, 1.54) is 4.90 Å². The van der Waals surface area contributed by atoms with Gasteiger partial charge in [-0.05, 0) is 48.2 Å². The minimum Gasteiger partial charge on any atom is -0.385 e. The number of carbonyl (C=O) groups is 1. The van der Waals surface area contributed by atoms with Crippen molar-refractivity contribution in [2.45, 2.75) is 18.9 Å². The van der Waals surface area contributed by atoms with Gasteiger partial charge >= 0.3 is 0 Å². The third-order valence-corrected chi connectivity index (χ3v) is 5.44. The minimum absolute atomic E-state index is 0.0815. The van der Waals surface area contributed by atoms with Crippen LogP contribution in [0.4, 0.5) is 0 Å². The van der Waals surface area contributed by atoms with Crippen LogP contribution in [0, 0.1) is 22.7 Å². The molecule has 0 aliphatic carbocycles. The van der Waals surface area contributed by atoms with E-state index in [4.69, 9.17) is 10.1 Å². The van der Waals surface area contributed by atoms with E-state index < -0.39 is 5.54 Å². The Balaban J connectivity index is 2.05. The van der Waals surface area contributed by atoms with Gasteiger partial charge in [0, 0.05) is 20.8 Å². The lowest BCUT2D eigenvalue weighted by atomic mass is 9.75. The highest BCUT2D eigenvalue weighted by Gasteiger charge is 2.47. The summed E-state index contributed by atoms with van der Waals surface area (Å²) in [5.74, 6) is -0.384. The molecule has 1 amide bonds. The van der Waals surface area contributed by atoms with E-state index in [-0.39, 0.29) is 17.8 Å². The fraction of sp³-hybridized carbons (Fsp3) is 0.318. The normalized spacial score (nSPS) is 21.9. The van der Waals surface area contributed by atoms with Crippen LogP contribution in [0.3, 0.4) is 0 Å². The van der Waals surface area contributed by atoms with E-state index >= 15 is 0 Å². The maximum Gasteiger partial charge on any atom is 0.234 e. The predicted molar refractivity (Wildman–Crippen MR) is 108 cm³/mol. The Morgan fingerprint density at radius 2 is 1.93 bits per heavy atom. The van der Waals surface area contributed by atoms with Gasteiger partial charge in [-0.2, -0.15) is 5.26 Å². The lowest BCUT2D eigenvalue weighted by Crippen LogP contribution is -2.63. The van der Waals surface area contributed by atoms with Crippen LogP contribution >= 0.6 is 0 Å². The molecule has 3 rings (SSSR count). The highest BCUT2D eigenvalue weighted by molar-refractivity contribution is 6.00. The highest BCUT2D eigenvalue weighted by Crippen LogP contribution is 2.37. The summed E-state index contributed by atoms with van der Waals surface area (Å²) in [6, 6.07) is 17.5. The van der Waals surface area contributed by atoms with E-state index in [9.17, 15) is 10.1 Å². The summed E-state index contributed by atoms with van der Waals surface area (Å²) < 4.78 is 5.22. The highest BCUT2D eigenvalue weighted by atomic mass is 16.5. The molecule has 2 aromatic carbocycles. The summed E-state index contributed by atoms with van der Waals surface area (Å²) in [4.78, 5) is 14.3. The van der Waals surface area contributed by atoms with Crippen molar-refractivity contribution in [2.24, 2.45) is 5.92 Å². The van der Waals surface area contributed by atoms with Crippen LogP contribution in [-0.2, 0) is 15.1 Å². The zero-order chi connectivity index (χ0) is 20.3. The first-order chi connectivity index (χ1) is 13.4. The predicted octanol–water partition coefficient (Wildman–Crippen LogP) is 3.09. The summed E-state index contributed by atoms with van der Waals surface area (Å²) in [7, 11) is 3.23. The molecular weight excluding hydrogens is 352 g/mol. The lowest BCUT2D eigenvalue weighted by Gasteiger charge is -2.45. The summed E-state index contributed by atoms with van der Waals surface area (Å²) in [5, 5.41) is 20.6. The van der Waals surface area contributed by atoms with E-state index in [0.717, 1.165) is 16.7 Å². The van der Waals surface area contributed by atoms with Gasteiger partial charge in [-0.25, -0.2) is 0 Å². The smallest absolute Gasteiger partial charge is 0.234 e. The standard InChI is InChI=1S/C22H24N4O2/c1-22(19(10-11-28-3)20(27)26(2)21(24)25-22)18-9-5-8-17(13-18)16-7-4-6-15(12-16)14-23/h4-9,12-13,19H,10-11H2,1-3H3,(H2,24,25)/t19-,22+/m0/s1. The Morgan fingerprint density at radius 1 is 1.25 bits per heavy atom. The molecule has 6 heteroatoms. The Hall–Kier alpha value is -3.17. The van der Waals surface area contributed by atoms with Crippen molar-refractivity contribution in [3.8, 4) is 17.2 Å². The van der Waals surface area contributed by atoms with Crippen LogP contribution in [0.15, 0.2) is 48.5 Å². The molecule has 28 heavy (non-hydrogen) atoms. The third kappa shape index (κ3) is 3.49. The average molecular weight is 376 g/mol. The number of ether oxygens (including phenoxy) is 1. The summed E-state index contributed by atoms with van der Waals surface area (Å²) in [6.07, 6.45) is 0.546. The number of hydrogen-bond acceptors (Lipinski definition) is 4. The molecule has 1 aliphatic rings. The Bertz CT molecular complexity index is 950. The minimum atomic E-state index is -0.734. The number of nitrogens with zero attached hydrogens (tertiary/aromatic N) is 2. The van der Waals surface area contributed by atoms with E-state index in [1.54, 1.807) is 20.2 Å². The molecular formula is C22H24N4O2. The van der Waals surface area contributed by atoms with Crippen LogP contribution in [0.2, 0.25) is 0 Å². The van der Waals surface area contributed by atoms with Gasteiger partial charge in [0.05, 0.1) is 23.1 Å². The van der Waals surface area contributed by atoms with E-state index in [1.807, 2.05) is 49.4 Å². The first-order valence-electron chi connectivity index (χ1n) is 9.15. The molecule has 2 N–H and O–H groups in total. The molecule has 0 spiro atoms. The number of rotatable bonds is 5. The number of nitrogens with one attached hydrogen (secondary N) is 2. The number of nitriles is 1. The second-order valence-electron chi connectivity index (χ2n) is 7.18. The molecule has 0 saturated carbocycles. The molecule has 2 aromatic rings. The number of benzene rings is 2. The zero-order valence-corrected chi connectivity index (χ0v) is 16.3. The van der Waals surface area contributed by atoms with Crippen LogP contribution in [0.25, 0.3) is 11.1 Å². The average Bonchev–Trinajstić information content (AvgIpc) is 2.72. The quantitative estimate of drug-likeness (QED) is 0.839. The SMILES string of the molecule is COCC[C@H]1C(=O)N(C)C(=N)N[C@]1(C)c1cccc(-c2cccc(C#N)c2)c1. The molecule has 6 nitrogen and oxygen atoms in total. The molecule has 0 aromatic heterocycles. The van der Waals surface area contributed by atoms with Gasteiger partial charge in [-0.3, -0.25) is 15.1 Å². The molecule has 0 unspecified atom stereocenters. The zero-order valence-electron chi connectivity index (χ0n) is 16.3. The number of carbonyl (C=O) groups excluding carboxylic acids is 1. The summed E-state index contributed by atoms with van der Waals surface area (Å²) in [5.41, 5.74) is 2.68. The lowest BCUT2D eigenvalue weighted by molar-refractivity contribution is -0.136. The third-order valence-electron chi connectivity index (χ3n) is 5.44. The fourth-order valence-corrected chi connectivity index (χ4v) is 3.72. The number of amides is 1. The summed E-state index contributed by atoms with van der Waals surface area (Å²) >= 11 is 0. The van der Waals surface area contributed by atoms with Crippen LogP contribution in [0.1, 0.15) is 24.5 Å². The maximum atomic E-state index is 12.9. The van der Waals surface area contributed by atoms with Gasteiger partial charge in [0.2, 0.25) is 5.91 Å². The Labute approximate surface area is 165 Å². The second-order valence-corrected chi connectivity index (χ2v) is 7.18. The first-order valence-corrected chi connectivity index (χ1v) is 9.15. The Morgan fingerprint density at radius 3 is 2.61 bits per heavy atom. The van der Waals surface area contributed by atoms with Gasteiger partial charge in [0.15, 0.2) is 5.96 Å². The van der Waals surface area contributed by atoms with Gasteiger partial charge in [-0.1, -0.05) is 30.3 Å². The number of methoxy groups -OCH3 is 1. The molecule has 0 radical (unpaired) electrons. The molecule has 1 heterocycles.